The molecule has 65 valence electrons. The van der Waals surface area contributed by atoms with Gasteiger partial charge in [-0.05, 0) is 35.9 Å². The average Bonchev–Trinajstić information content (AvgIpc) is 2.54. The maximum atomic E-state index is 4.00. The van der Waals surface area contributed by atoms with Crippen molar-refractivity contribution in [3.8, 4) is 0 Å². The van der Waals surface area contributed by atoms with Crippen molar-refractivity contribution in [1.82, 2.24) is 0 Å². The molecule has 0 atom stereocenters. The van der Waals surface area contributed by atoms with Crippen LogP contribution in [0.5, 0.6) is 0 Å². The van der Waals surface area contributed by atoms with E-state index in [1.165, 1.54) is 16.0 Å². The smallest absolute Gasteiger partial charge is 0.00841 e. The van der Waals surface area contributed by atoms with Gasteiger partial charge in [-0.2, -0.15) is 0 Å². The quantitative estimate of drug-likeness (QED) is 0.674. The van der Waals surface area contributed by atoms with Gasteiger partial charge in [-0.15, -0.1) is 11.3 Å². The van der Waals surface area contributed by atoms with Crippen molar-refractivity contribution in [3.05, 3.63) is 64.7 Å². The Morgan fingerprint density at radius 3 is 2.46 bits per heavy atom. The highest BCUT2D eigenvalue weighted by Crippen LogP contribution is 2.18. The lowest BCUT2D eigenvalue weighted by molar-refractivity contribution is 1.20. The van der Waals surface area contributed by atoms with Gasteiger partial charge in [-0.3, -0.25) is 0 Å². The molecule has 0 aliphatic rings. The van der Waals surface area contributed by atoms with Crippen LogP contribution in [0.1, 0.15) is 16.0 Å². The van der Waals surface area contributed by atoms with Crippen LogP contribution in [-0.4, -0.2) is 0 Å². The molecular weight excluding hydrogens is 176 g/mol. The van der Waals surface area contributed by atoms with Crippen molar-refractivity contribution in [2.75, 3.05) is 0 Å². The summed E-state index contributed by atoms with van der Waals surface area (Å²) >= 11 is 1.71. The Balaban J connectivity index is 2.20. The van der Waals surface area contributed by atoms with E-state index in [1.54, 1.807) is 11.3 Å². The van der Waals surface area contributed by atoms with E-state index in [0.717, 1.165) is 6.42 Å². The SMILES string of the molecule is [CH2]c1sccc1Cc1ccccc1. The van der Waals surface area contributed by atoms with Gasteiger partial charge in [-0.25, -0.2) is 0 Å². The van der Waals surface area contributed by atoms with Crippen LogP contribution in [0.15, 0.2) is 41.8 Å². The maximum Gasteiger partial charge on any atom is 0.00841 e. The minimum Gasteiger partial charge on any atom is -0.149 e. The van der Waals surface area contributed by atoms with E-state index < -0.39 is 0 Å². The summed E-state index contributed by atoms with van der Waals surface area (Å²) in [5.74, 6) is 0. The first-order chi connectivity index (χ1) is 6.36. The fourth-order valence-corrected chi connectivity index (χ4v) is 2.03. The molecule has 1 aromatic heterocycles. The molecule has 1 aromatic carbocycles. The normalized spacial score (nSPS) is 10.2. The minimum atomic E-state index is 1.00. The number of benzene rings is 1. The molecule has 0 saturated carbocycles. The lowest BCUT2D eigenvalue weighted by Crippen LogP contribution is -1.86. The standard InChI is InChI=1S/C12H11S/c1-10-12(7-8-13-10)9-11-5-3-2-4-6-11/h2-8H,1,9H2. The predicted molar refractivity (Wildman–Crippen MR) is 58.0 cm³/mol. The molecule has 2 aromatic rings. The Hall–Kier alpha value is -1.08. The number of hydrogen-bond donors (Lipinski definition) is 0. The third-order valence-electron chi connectivity index (χ3n) is 2.08. The number of rotatable bonds is 2. The fraction of sp³-hybridized carbons (Fsp3) is 0.0833. The maximum absolute atomic E-state index is 4.00. The molecular formula is C12H11S. The number of thiophene rings is 1. The zero-order chi connectivity index (χ0) is 9.10. The van der Waals surface area contributed by atoms with Crippen LogP contribution in [0, 0.1) is 6.92 Å². The summed E-state index contributed by atoms with van der Waals surface area (Å²) in [5, 5.41) is 2.10. The Bertz CT molecular complexity index is 373. The highest BCUT2D eigenvalue weighted by atomic mass is 32.1. The van der Waals surface area contributed by atoms with Gasteiger partial charge in [0.1, 0.15) is 0 Å². The van der Waals surface area contributed by atoms with Crippen LogP contribution < -0.4 is 0 Å². The van der Waals surface area contributed by atoms with E-state index >= 15 is 0 Å². The second kappa shape index (κ2) is 3.75. The molecule has 0 aliphatic carbocycles. The first kappa shape index (κ1) is 8.52. The lowest BCUT2D eigenvalue weighted by Gasteiger charge is -1.99. The lowest BCUT2D eigenvalue weighted by atomic mass is 10.1. The predicted octanol–water partition coefficient (Wildman–Crippen LogP) is 3.52. The summed E-state index contributed by atoms with van der Waals surface area (Å²) in [6, 6.07) is 12.6. The number of hydrogen-bond acceptors (Lipinski definition) is 1. The Morgan fingerprint density at radius 2 is 1.85 bits per heavy atom. The molecule has 0 unspecified atom stereocenters. The molecule has 13 heavy (non-hydrogen) atoms. The van der Waals surface area contributed by atoms with Gasteiger partial charge in [-0.1, -0.05) is 30.3 Å². The van der Waals surface area contributed by atoms with Crippen molar-refractivity contribution in [2.24, 2.45) is 0 Å². The summed E-state index contributed by atoms with van der Waals surface area (Å²) in [5.41, 5.74) is 2.70. The van der Waals surface area contributed by atoms with Crippen LogP contribution in [0.4, 0.5) is 0 Å². The molecule has 0 bridgehead atoms. The van der Waals surface area contributed by atoms with E-state index in [4.69, 9.17) is 0 Å². The third-order valence-corrected chi connectivity index (χ3v) is 2.89. The van der Waals surface area contributed by atoms with Gasteiger partial charge in [0.05, 0.1) is 0 Å². The minimum absolute atomic E-state index is 1.00. The van der Waals surface area contributed by atoms with Gasteiger partial charge in [0.25, 0.3) is 0 Å². The van der Waals surface area contributed by atoms with E-state index in [-0.39, 0.29) is 0 Å². The topological polar surface area (TPSA) is 0 Å². The van der Waals surface area contributed by atoms with E-state index in [1.807, 2.05) is 6.07 Å². The van der Waals surface area contributed by atoms with E-state index in [0.29, 0.717) is 0 Å². The van der Waals surface area contributed by atoms with Gasteiger partial charge in [0, 0.05) is 4.88 Å². The first-order valence-corrected chi connectivity index (χ1v) is 5.16. The monoisotopic (exact) mass is 187 g/mol. The molecule has 0 N–H and O–H groups in total. The van der Waals surface area contributed by atoms with Gasteiger partial charge < -0.3 is 0 Å². The van der Waals surface area contributed by atoms with Gasteiger partial charge in [0.15, 0.2) is 0 Å². The van der Waals surface area contributed by atoms with Crippen molar-refractivity contribution in [1.29, 1.82) is 0 Å². The third kappa shape index (κ3) is 1.99. The first-order valence-electron chi connectivity index (χ1n) is 4.28. The van der Waals surface area contributed by atoms with Crippen LogP contribution in [0.3, 0.4) is 0 Å². The molecule has 0 saturated heterocycles. The zero-order valence-corrected chi connectivity index (χ0v) is 8.18. The van der Waals surface area contributed by atoms with E-state index in [9.17, 15) is 0 Å². The van der Waals surface area contributed by atoms with Crippen LogP contribution in [0.2, 0.25) is 0 Å². The van der Waals surface area contributed by atoms with Crippen LogP contribution >= 0.6 is 11.3 Å². The molecule has 0 amide bonds. The summed E-state index contributed by atoms with van der Waals surface area (Å²) in [4.78, 5) is 1.18. The average molecular weight is 187 g/mol. The van der Waals surface area contributed by atoms with Gasteiger partial charge in [0.2, 0.25) is 0 Å². The Kier molecular flexibility index (Phi) is 2.46. The Labute approximate surface area is 82.9 Å². The van der Waals surface area contributed by atoms with Crippen molar-refractivity contribution < 1.29 is 0 Å². The zero-order valence-electron chi connectivity index (χ0n) is 7.36. The molecule has 0 nitrogen and oxygen atoms in total. The summed E-state index contributed by atoms with van der Waals surface area (Å²) in [7, 11) is 0. The highest BCUT2D eigenvalue weighted by Gasteiger charge is 1.99. The second-order valence-corrected chi connectivity index (χ2v) is 4.03. The highest BCUT2D eigenvalue weighted by molar-refractivity contribution is 7.10. The molecule has 1 heterocycles. The second-order valence-electron chi connectivity index (χ2n) is 3.03. The molecule has 0 spiro atoms. The van der Waals surface area contributed by atoms with Crippen LogP contribution in [0.25, 0.3) is 0 Å². The van der Waals surface area contributed by atoms with Crippen molar-refractivity contribution in [2.45, 2.75) is 6.42 Å². The van der Waals surface area contributed by atoms with E-state index in [2.05, 4.69) is 42.6 Å². The molecule has 1 radical (unpaired) electrons. The Morgan fingerprint density at radius 1 is 1.08 bits per heavy atom. The summed E-state index contributed by atoms with van der Waals surface area (Å²) in [6.07, 6.45) is 1.00. The van der Waals surface area contributed by atoms with Gasteiger partial charge >= 0.3 is 0 Å². The van der Waals surface area contributed by atoms with Crippen LogP contribution in [-0.2, 0) is 6.42 Å². The van der Waals surface area contributed by atoms with Crippen molar-refractivity contribution >= 4 is 11.3 Å². The molecule has 2 rings (SSSR count). The molecule has 1 heteroatoms. The summed E-state index contributed by atoms with van der Waals surface area (Å²) < 4.78 is 0. The fourth-order valence-electron chi connectivity index (χ4n) is 1.34. The molecule has 0 fully saturated rings. The summed E-state index contributed by atoms with van der Waals surface area (Å²) in [6.45, 7) is 4.00. The van der Waals surface area contributed by atoms with Crippen molar-refractivity contribution in [3.63, 3.8) is 0 Å². The molecule has 0 aliphatic heterocycles. The largest absolute Gasteiger partial charge is 0.149 e.